The van der Waals surface area contributed by atoms with E-state index in [2.05, 4.69) is 11.4 Å². The summed E-state index contributed by atoms with van der Waals surface area (Å²) in [5, 5.41) is 13.1. The Balaban J connectivity index is 1.84. The van der Waals surface area contributed by atoms with Crippen LogP contribution < -0.4 is 10.9 Å². The molecular formula is C28H26ClN5O3. The fourth-order valence-electron chi connectivity index (χ4n) is 4.19. The van der Waals surface area contributed by atoms with Gasteiger partial charge in [0.15, 0.2) is 0 Å². The van der Waals surface area contributed by atoms with Crippen LogP contribution >= 0.6 is 11.6 Å². The number of aromatic nitrogens is 2. The molecule has 0 saturated carbocycles. The van der Waals surface area contributed by atoms with Crippen molar-refractivity contribution in [2.45, 2.75) is 19.9 Å². The lowest BCUT2D eigenvalue weighted by Gasteiger charge is -2.30. The number of rotatable bonds is 7. The van der Waals surface area contributed by atoms with Gasteiger partial charge in [-0.05, 0) is 67.9 Å². The number of carbonyl (C=O) groups is 1. The monoisotopic (exact) mass is 515 g/mol. The highest BCUT2D eigenvalue weighted by molar-refractivity contribution is 6.30. The third-order valence-electron chi connectivity index (χ3n) is 6.08. The highest BCUT2D eigenvalue weighted by Gasteiger charge is 2.27. The van der Waals surface area contributed by atoms with Gasteiger partial charge in [-0.15, -0.1) is 0 Å². The van der Waals surface area contributed by atoms with Gasteiger partial charge in [0.2, 0.25) is 0 Å². The van der Waals surface area contributed by atoms with Crippen LogP contribution in [0.15, 0.2) is 71.5 Å². The van der Waals surface area contributed by atoms with Gasteiger partial charge in [0.1, 0.15) is 5.82 Å². The van der Waals surface area contributed by atoms with Gasteiger partial charge >= 0.3 is 6.03 Å². The van der Waals surface area contributed by atoms with Gasteiger partial charge in [0.05, 0.1) is 40.9 Å². The molecule has 1 heterocycles. The van der Waals surface area contributed by atoms with Crippen LogP contribution in [0.5, 0.6) is 0 Å². The topological polar surface area (TPSA) is 100 Å². The number of amides is 2. The molecule has 37 heavy (non-hydrogen) atoms. The molecule has 4 aromatic rings. The molecule has 0 fully saturated rings. The van der Waals surface area contributed by atoms with E-state index >= 15 is 0 Å². The molecule has 2 amide bonds. The normalized spacial score (nSPS) is 11.6. The van der Waals surface area contributed by atoms with Crippen LogP contribution in [0.3, 0.4) is 0 Å². The summed E-state index contributed by atoms with van der Waals surface area (Å²) in [5.41, 5.74) is 2.62. The summed E-state index contributed by atoms with van der Waals surface area (Å²) in [5.74, 6) is 0.395. The van der Waals surface area contributed by atoms with Crippen molar-refractivity contribution in [3.63, 3.8) is 0 Å². The summed E-state index contributed by atoms with van der Waals surface area (Å²) >= 11 is 6.19. The van der Waals surface area contributed by atoms with Gasteiger partial charge in [-0.1, -0.05) is 29.8 Å². The zero-order valence-electron chi connectivity index (χ0n) is 20.7. The zero-order valence-corrected chi connectivity index (χ0v) is 21.5. The molecule has 8 nitrogen and oxygen atoms in total. The third kappa shape index (κ3) is 5.48. The van der Waals surface area contributed by atoms with Crippen LogP contribution in [0.1, 0.15) is 29.9 Å². The highest BCUT2D eigenvalue weighted by Crippen LogP contribution is 2.26. The van der Waals surface area contributed by atoms with Crippen LogP contribution in [-0.4, -0.2) is 40.7 Å². The number of para-hydroxylation sites is 1. The maximum absolute atomic E-state index is 13.8. The van der Waals surface area contributed by atoms with Crippen molar-refractivity contribution in [1.82, 2.24) is 14.5 Å². The second-order valence-corrected chi connectivity index (χ2v) is 8.98. The van der Waals surface area contributed by atoms with Crippen molar-refractivity contribution >= 4 is 34.2 Å². The first-order valence-electron chi connectivity index (χ1n) is 11.7. The predicted octanol–water partition coefficient (Wildman–Crippen LogP) is 5.46. The Kier molecular flexibility index (Phi) is 7.87. The molecular weight excluding hydrogens is 490 g/mol. The number of methoxy groups -OCH3 is 1. The number of aryl methyl sites for hydroxylation is 1. The van der Waals surface area contributed by atoms with Gasteiger partial charge in [-0.2, -0.15) is 5.26 Å². The number of hydrogen-bond acceptors (Lipinski definition) is 5. The summed E-state index contributed by atoms with van der Waals surface area (Å²) in [6.07, 6.45) is 0. The number of fused-ring (bicyclic) bond motifs is 1. The number of benzene rings is 3. The van der Waals surface area contributed by atoms with E-state index in [-0.39, 0.29) is 18.7 Å². The Hall–Kier alpha value is -4.19. The van der Waals surface area contributed by atoms with E-state index in [1.807, 2.05) is 19.9 Å². The highest BCUT2D eigenvalue weighted by atomic mass is 35.5. The molecule has 9 heteroatoms. The summed E-state index contributed by atoms with van der Waals surface area (Å²) in [6.45, 7) is 4.20. The van der Waals surface area contributed by atoms with E-state index in [9.17, 15) is 14.9 Å². The van der Waals surface area contributed by atoms with Crippen molar-refractivity contribution in [3.8, 4) is 11.8 Å². The van der Waals surface area contributed by atoms with Gasteiger partial charge in [-0.25, -0.2) is 9.78 Å². The van der Waals surface area contributed by atoms with Gasteiger partial charge < -0.3 is 15.0 Å². The molecule has 0 aliphatic carbocycles. The van der Waals surface area contributed by atoms with Crippen molar-refractivity contribution < 1.29 is 9.53 Å². The molecule has 0 bridgehead atoms. The number of carbonyl (C=O) groups excluding carboxylic acids is 1. The third-order valence-corrected chi connectivity index (χ3v) is 6.32. The Morgan fingerprint density at radius 3 is 2.70 bits per heavy atom. The molecule has 0 aliphatic heterocycles. The Morgan fingerprint density at radius 2 is 1.97 bits per heavy atom. The van der Waals surface area contributed by atoms with Crippen LogP contribution in [-0.2, 0) is 4.74 Å². The first kappa shape index (κ1) is 25.9. The predicted molar refractivity (Wildman–Crippen MR) is 144 cm³/mol. The molecule has 0 spiro atoms. The Labute approximate surface area is 219 Å². The van der Waals surface area contributed by atoms with E-state index in [0.29, 0.717) is 38.7 Å². The lowest BCUT2D eigenvalue weighted by molar-refractivity contribution is 0.137. The van der Waals surface area contributed by atoms with Crippen LogP contribution in [0.2, 0.25) is 5.02 Å². The maximum Gasteiger partial charge on any atom is 0.322 e. The number of urea groups is 1. The number of nitrogens with one attached hydrogen (secondary N) is 1. The van der Waals surface area contributed by atoms with Crippen molar-refractivity contribution in [1.29, 1.82) is 5.26 Å². The molecule has 1 N–H and O–H groups in total. The number of halogens is 1. The molecule has 1 atom stereocenters. The fraction of sp³-hybridized carbons (Fsp3) is 0.214. The van der Waals surface area contributed by atoms with Crippen molar-refractivity contribution in [2.24, 2.45) is 0 Å². The number of nitrogens with zero attached hydrogens (tertiary/aromatic N) is 4. The summed E-state index contributed by atoms with van der Waals surface area (Å²) in [4.78, 5) is 33.7. The molecule has 0 radical (unpaired) electrons. The maximum atomic E-state index is 13.8. The lowest BCUT2D eigenvalue weighted by atomic mass is 10.1. The average Bonchev–Trinajstić information content (AvgIpc) is 2.89. The second kappa shape index (κ2) is 11.2. The van der Waals surface area contributed by atoms with Crippen molar-refractivity contribution in [2.75, 3.05) is 25.6 Å². The van der Waals surface area contributed by atoms with Crippen LogP contribution in [0, 0.1) is 18.3 Å². The Morgan fingerprint density at radius 1 is 1.19 bits per heavy atom. The minimum Gasteiger partial charge on any atom is -0.383 e. The van der Waals surface area contributed by atoms with Gasteiger partial charge in [0.25, 0.3) is 5.56 Å². The van der Waals surface area contributed by atoms with E-state index < -0.39 is 12.1 Å². The van der Waals surface area contributed by atoms with Crippen molar-refractivity contribution in [3.05, 3.63) is 99.1 Å². The Bertz CT molecular complexity index is 1560. The summed E-state index contributed by atoms with van der Waals surface area (Å²) in [6, 6.07) is 20.1. The minimum atomic E-state index is -0.623. The summed E-state index contributed by atoms with van der Waals surface area (Å²) < 4.78 is 6.81. The molecule has 1 unspecified atom stereocenters. The number of ether oxygens (including phenoxy) is 1. The van der Waals surface area contributed by atoms with Crippen LogP contribution in [0.25, 0.3) is 16.6 Å². The first-order chi connectivity index (χ1) is 17.8. The number of hydrogen-bond donors (Lipinski definition) is 1. The van der Waals surface area contributed by atoms with Crippen LogP contribution in [0.4, 0.5) is 10.5 Å². The molecule has 1 aromatic heterocycles. The fourth-order valence-corrected chi connectivity index (χ4v) is 4.42. The lowest BCUT2D eigenvalue weighted by Crippen LogP contribution is -2.41. The van der Waals surface area contributed by atoms with E-state index in [4.69, 9.17) is 21.3 Å². The van der Waals surface area contributed by atoms with Gasteiger partial charge in [-0.3, -0.25) is 9.36 Å². The van der Waals surface area contributed by atoms with E-state index in [1.165, 1.54) is 0 Å². The molecule has 0 aliphatic rings. The standard InChI is InChI=1S/C28H26ClN5O3/c1-18-15-21(29)11-12-25(18)34-26(32-24-10-5-4-9-23(24)27(34)35)19(2)33(13-14-37-3)28(36)31-22-8-6-7-20(16-22)17-30/h4-12,15-16,19H,13-14H2,1-3H3,(H,31,36). The summed E-state index contributed by atoms with van der Waals surface area (Å²) in [7, 11) is 1.55. The molecule has 3 aromatic carbocycles. The largest absolute Gasteiger partial charge is 0.383 e. The smallest absolute Gasteiger partial charge is 0.322 e. The quantitative estimate of drug-likeness (QED) is 0.352. The average molecular weight is 516 g/mol. The first-order valence-corrected chi connectivity index (χ1v) is 12.1. The number of anilines is 1. The zero-order chi connectivity index (χ0) is 26.5. The molecule has 0 saturated heterocycles. The minimum absolute atomic E-state index is 0.240. The van der Waals surface area contributed by atoms with E-state index in [0.717, 1.165) is 5.56 Å². The van der Waals surface area contributed by atoms with E-state index in [1.54, 1.807) is 77.2 Å². The number of nitriles is 1. The molecule has 188 valence electrons. The molecule has 4 rings (SSSR count). The van der Waals surface area contributed by atoms with Gasteiger partial charge in [0, 0.05) is 24.4 Å². The SMILES string of the molecule is COCCN(C(=O)Nc1cccc(C#N)c1)C(C)c1nc2ccccc2c(=O)n1-c1ccc(Cl)cc1C. The second-order valence-electron chi connectivity index (χ2n) is 8.54.